The van der Waals surface area contributed by atoms with Crippen LogP contribution in [0.5, 0.6) is 5.75 Å². The van der Waals surface area contributed by atoms with Gasteiger partial charge in [-0.15, -0.1) is 0 Å². The van der Waals surface area contributed by atoms with E-state index in [4.69, 9.17) is 4.74 Å². The molecule has 1 aliphatic rings. The summed E-state index contributed by atoms with van der Waals surface area (Å²) in [6.07, 6.45) is 1.10. The number of hydrogen-bond acceptors (Lipinski definition) is 3. The van der Waals surface area contributed by atoms with Gasteiger partial charge in [0.05, 0.1) is 18.0 Å². The second-order valence-corrected chi connectivity index (χ2v) is 6.71. The number of H-pyrrole nitrogens is 1. The maximum absolute atomic E-state index is 12.7. The number of amides is 1. The summed E-state index contributed by atoms with van der Waals surface area (Å²) >= 11 is 0. The van der Waals surface area contributed by atoms with Crippen molar-refractivity contribution in [3.8, 4) is 11.4 Å². The summed E-state index contributed by atoms with van der Waals surface area (Å²) in [6.45, 7) is 2.37. The first kappa shape index (κ1) is 17.1. The maximum Gasteiger partial charge on any atom is 0.295 e. The molecule has 1 aliphatic heterocycles. The number of aryl methyl sites for hydroxylation is 1. The smallest absolute Gasteiger partial charge is 0.295 e. The Hall–Kier alpha value is -3.28. The fraction of sp³-hybridized carbons (Fsp3) is 0.238. The normalized spacial score (nSPS) is 15.7. The standard InChI is InChI=1S/C21H21N3O3/c1-14-20(21(26)24(23-14)16-7-3-2-4-8-16)22-19(25)13-15-11-12-27-18-10-6-5-9-17(15)18/h2-10,15,23H,11-13H2,1H3,(H,22,25)/t15-/m0/s1. The minimum Gasteiger partial charge on any atom is -0.493 e. The van der Waals surface area contributed by atoms with Gasteiger partial charge in [-0.25, -0.2) is 4.68 Å². The predicted octanol–water partition coefficient (Wildman–Crippen LogP) is 3.37. The van der Waals surface area contributed by atoms with Gasteiger partial charge in [0.2, 0.25) is 5.91 Å². The number of para-hydroxylation sites is 2. The lowest BCUT2D eigenvalue weighted by Crippen LogP contribution is -2.24. The van der Waals surface area contributed by atoms with Gasteiger partial charge >= 0.3 is 0 Å². The van der Waals surface area contributed by atoms with Crippen molar-refractivity contribution in [1.29, 1.82) is 0 Å². The maximum atomic E-state index is 12.7. The number of rotatable bonds is 4. The number of benzene rings is 2. The van der Waals surface area contributed by atoms with Crippen molar-refractivity contribution in [2.24, 2.45) is 0 Å². The van der Waals surface area contributed by atoms with Crippen LogP contribution in [0.2, 0.25) is 0 Å². The van der Waals surface area contributed by atoms with Gasteiger partial charge in [-0.1, -0.05) is 36.4 Å². The van der Waals surface area contributed by atoms with E-state index in [0.717, 1.165) is 23.4 Å². The zero-order chi connectivity index (χ0) is 18.8. The highest BCUT2D eigenvalue weighted by molar-refractivity contribution is 5.91. The highest BCUT2D eigenvalue weighted by Gasteiger charge is 2.24. The minimum atomic E-state index is -0.264. The number of aromatic amines is 1. The first-order valence-electron chi connectivity index (χ1n) is 9.02. The largest absolute Gasteiger partial charge is 0.493 e. The summed E-state index contributed by atoms with van der Waals surface area (Å²) < 4.78 is 7.09. The number of carbonyl (C=O) groups excluding carboxylic acids is 1. The van der Waals surface area contributed by atoms with Crippen LogP contribution in [0.15, 0.2) is 59.4 Å². The number of ether oxygens (including phenoxy) is 1. The first-order chi connectivity index (χ1) is 13.1. The van der Waals surface area contributed by atoms with E-state index in [1.807, 2.05) is 54.6 Å². The Morgan fingerprint density at radius 3 is 2.74 bits per heavy atom. The Labute approximate surface area is 156 Å². The molecule has 0 saturated heterocycles. The zero-order valence-corrected chi connectivity index (χ0v) is 15.1. The average molecular weight is 363 g/mol. The van der Waals surface area contributed by atoms with Gasteiger partial charge in [0.25, 0.3) is 5.56 Å². The monoisotopic (exact) mass is 363 g/mol. The van der Waals surface area contributed by atoms with Gasteiger partial charge in [-0.3, -0.25) is 14.7 Å². The van der Waals surface area contributed by atoms with Gasteiger partial charge in [0.1, 0.15) is 11.4 Å². The second-order valence-electron chi connectivity index (χ2n) is 6.71. The van der Waals surface area contributed by atoms with Crippen LogP contribution in [0.4, 0.5) is 5.69 Å². The molecule has 0 radical (unpaired) electrons. The van der Waals surface area contributed by atoms with Crippen LogP contribution in [-0.4, -0.2) is 22.3 Å². The molecular weight excluding hydrogens is 342 g/mol. The molecule has 0 fully saturated rings. The summed E-state index contributed by atoms with van der Waals surface area (Å²) in [5.41, 5.74) is 2.43. The van der Waals surface area contributed by atoms with Crippen LogP contribution in [0, 0.1) is 6.92 Å². The molecule has 1 amide bonds. The Morgan fingerprint density at radius 1 is 1.19 bits per heavy atom. The third-order valence-electron chi connectivity index (χ3n) is 4.86. The van der Waals surface area contributed by atoms with Gasteiger partial charge in [-0.2, -0.15) is 0 Å². The molecular formula is C21H21N3O3. The van der Waals surface area contributed by atoms with E-state index in [1.54, 1.807) is 6.92 Å². The molecule has 6 nitrogen and oxygen atoms in total. The van der Waals surface area contributed by atoms with E-state index < -0.39 is 0 Å². The first-order valence-corrected chi connectivity index (χ1v) is 9.02. The van der Waals surface area contributed by atoms with E-state index in [-0.39, 0.29) is 17.4 Å². The average Bonchev–Trinajstić information content (AvgIpc) is 2.97. The van der Waals surface area contributed by atoms with Crippen LogP contribution in [0.25, 0.3) is 5.69 Å². The summed E-state index contributed by atoms with van der Waals surface area (Å²) in [4.78, 5) is 25.3. The number of fused-ring (bicyclic) bond motifs is 1. The fourth-order valence-electron chi connectivity index (χ4n) is 3.49. The van der Waals surface area contributed by atoms with Crippen molar-refractivity contribution in [3.05, 3.63) is 76.2 Å². The summed E-state index contributed by atoms with van der Waals surface area (Å²) in [5.74, 6) is 0.757. The lowest BCUT2D eigenvalue weighted by atomic mass is 9.90. The molecule has 6 heteroatoms. The van der Waals surface area contributed by atoms with Crippen molar-refractivity contribution in [2.45, 2.75) is 25.7 Å². The highest BCUT2D eigenvalue weighted by atomic mass is 16.5. The number of aromatic nitrogens is 2. The van der Waals surface area contributed by atoms with Gasteiger partial charge in [0.15, 0.2) is 0 Å². The molecule has 0 saturated carbocycles. The number of nitrogens with one attached hydrogen (secondary N) is 2. The van der Waals surface area contributed by atoms with Crippen LogP contribution in [0.1, 0.15) is 30.0 Å². The minimum absolute atomic E-state index is 0.0885. The third kappa shape index (κ3) is 3.38. The van der Waals surface area contributed by atoms with Crippen molar-refractivity contribution >= 4 is 11.6 Å². The van der Waals surface area contributed by atoms with Gasteiger partial charge < -0.3 is 10.1 Å². The Morgan fingerprint density at radius 2 is 1.93 bits per heavy atom. The lowest BCUT2D eigenvalue weighted by Gasteiger charge is -2.25. The van der Waals surface area contributed by atoms with Gasteiger partial charge in [0, 0.05) is 6.42 Å². The van der Waals surface area contributed by atoms with Crippen molar-refractivity contribution in [1.82, 2.24) is 9.78 Å². The molecule has 3 aromatic rings. The molecule has 27 heavy (non-hydrogen) atoms. The molecule has 4 rings (SSSR count). The second kappa shape index (κ2) is 7.15. The summed E-state index contributed by atoms with van der Waals surface area (Å²) in [6, 6.07) is 17.1. The Balaban J connectivity index is 1.53. The van der Waals surface area contributed by atoms with E-state index in [1.165, 1.54) is 4.68 Å². The SMILES string of the molecule is Cc1[nH]n(-c2ccccc2)c(=O)c1NC(=O)C[C@@H]1CCOc2ccccc21. The molecule has 138 valence electrons. The van der Waals surface area contributed by atoms with Gasteiger partial charge in [-0.05, 0) is 43.0 Å². The van der Waals surface area contributed by atoms with E-state index in [9.17, 15) is 9.59 Å². The molecule has 2 N–H and O–H groups in total. The molecule has 1 atom stereocenters. The molecule has 0 bridgehead atoms. The Bertz CT molecular complexity index is 1020. The molecule has 0 aliphatic carbocycles. The highest BCUT2D eigenvalue weighted by Crippen LogP contribution is 2.35. The zero-order valence-electron chi connectivity index (χ0n) is 15.1. The number of hydrogen-bond donors (Lipinski definition) is 2. The predicted molar refractivity (Wildman–Crippen MR) is 104 cm³/mol. The van der Waals surface area contributed by atoms with E-state index in [0.29, 0.717) is 24.4 Å². The van der Waals surface area contributed by atoms with E-state index in [2.05, 4.69) is 10.4 Å². The number of carbonyl (C=O) groups is 1. The van der Waals surface area contributed by atoms with Crippen LogP contribution in [0.3, 0.4) is 0 Å². The molecule has 0 unspecified atom stereocenters. The lowest BCUT2D eigenvalue weighted by molar-refractivity contribution is -0.116. The molecule has 1 aromatic heterocycles. The Kier molecular flexibility index (Phi) is 4.54. The van der Waals surface area contributed by atoms with Crippen molar-refractivity contribution in [3.63, 3.8) is 0 Å². The van der Waals surface area contributed by atoms with Crippen LogP contribution in [-0.2, 0) is 4.79 Å². The van der Waals surface area contributed by atoms with E-state index >= 15 is 0 Å². The van der Waals surface area contributed by atoms with Crippen LogP contribution >= 0.6 is 0 Å². The molecule has 2 aromatic carbocycles. The molecule has 2 heterocycles. The summed E-state index contributed by atoms with van der Waals surface area (Å²) in [7, 11) is 0. The number of anilines is 1. The van der Waals surface area contributed by atoms with Crippen LogP contribution < -0.4 is 15.6 Å². The quantitative estimate of drug-likeness (QED) is 0.746. The van der Waals surface area contributed by atoms with Crippen molar-refractivity contribution < 1.29 is 9.53 Å². The molecule has 0 spiro atoms. The summed E-state index contributed by atoms with van der Waals surface area (Å²) in [5, 5.41) is 5.83. The number of nitrogens with zero attached hydrogens (tertiary/aromatic N) is 1. The fourth-order valence-corrected chi connectivity index (χ4v) is 3.49. The van der Waals surface area contributed by atoms with Crippen molar-refractivity contribution in [2.75, 3.05) is 11.9 Å². The topological polar surface area (TPSA) is 76.1 Å². The third-order valence-corrected chi connectivity index (χ3v) is 4.86.